The fourth-order valence-electron chi connectivity index (χ4n) is 4.77. The highest BCUT2D eigenvalue weighted by atomic mass is 19.1. The maximum atomic E-state index is 13.7. The lowest BCUT2D eigenvalue weighted by Gasteiger charge is -2.32. The molecule has 0 aromatic heterocycles. The number of Topliss-reactive ketones (excluding diaryl/α,β-unsaturated/α-hetero) is 1. The second kappa shape index (κ2) is 16.6. The smallest absolute Gasteiger partial charge is 0.247 e. The Morgan fingerprint density at radius 1 is 1.07 bits per heavy atom. The van der Waals surface area contributed by atoms with Crippen molar-refractivity contribution in [1.29, 1.82) is 0 Å². The minimum absolute atomic E-state index is 0.0926. The van der Waals surface area contributed by atoms with E-state index in [0.29, 0.717) is 24.8 Å². The van der Waals surface area contributed by atoms with Gasteiger partial charge in [-0.3, -0.25) is 29.0 Å². The van der Waals surface area contributed by atoms with Crippen LogP contribution >= 0.6 is 0 Å². The highest BCUT2D eigenvalue weighted by molar-refractivity contribution is 5.97. The van der Waals surface area contributed by atoms with E-state index in [1.807, 2.05) is 0 Å². The molecule has 0 saturated carbocycles. The Kier molecular flexibility index (Phi) is 13.5. The standard InChI is InChI=1S/C30H46FN7O5/c1-5-22-27(42)37-24(19-10-12-21(31)13-11-19)28(43)34-15-7-6-14-30(4,38-25(40)18(2)3)23(39)17-20(26(41)36-22)9-8-16-35-29(32)33/h10-13,18,20,22,24H,5-9,14-17H2,1-4H3,(H,34,43)(H,36,41)(H,37,42)(H,38,40)(H4,32,33,35)/t20-,22+,24-,30-/m1/s1. The van der Waals surface area contributed by atoms with E-state index >= 15 is 0 Å². The van der Waals surface area contributed by atoms with E-state index in [1.165, 1.54) is 24.3 Å². The van der Waals surface area contributed by atoms with Crippen molar-refractivity contribution >= 4 is 35.4 Å². The van der Waals surface area contributed by atoms with Gasteiger partial charge in [0, 0.05) is 31.3 Å². The number of nitrogens with one attached hydrogen (secondary N) is 4. The van der Waals surface area contributed by atoms with Crippen LogP contribution in [-0.4, -0.2) is 60.0 Å². The molecule has 1 aromatic carbocycles. The molecule has 1 fully saturated rings. The van der Waals surface area contributed by atoms with Crippen molar-refractivity contribution in [3.8, 4) is 0 Å². The largest absolute Gasteiger partial charge is 0.370 e. The number of aliphatic imine (C=N–C) groups is 1. The van der Waals surface area contributed by atoms with E-state index < -0.39 is 47.1 Å². The minimum atomic E-state index is -1.25. The van der Waals surface area contributed by atoms with Gasteiger partial charge >= 0.3 is 0 Å². The number of ketones is 1. The quantitative estimate of drug-likeness (QED) is 0.146. The van der Waals surface area contributed by atoms with Crippen molar-refractivity contribution in [3.63, 3.8) is 0 Å². The zero-order chi connectivity index (χ0) is 32.2. The molecule has 0 spiro atoms. The van der Waals surface area contributed by atoms with Crippen LogP contribution in [0.1, 0.15) is 84.2 Å². The zero-order valence-electron chi connectivity index (χ0n) is 25.5. The van der Waals surface area contributed by atoms with E-state index in [-0.39, 0.29) is 62.3 Å². The summed E-state index contributed by atoms with van der Waals surface area (Å²) >= 11 is 0. The van der Waals surface area contributed by atoms with Gasteiger partial charge in [0.25, 0.3) is 0 Å². The molecule has 12 nitrogen and oxygen atoms in total. The molecule has 0 aliphatic carbocycles. The van der Waals surface area contributed by atoms with Gasteiger partial charge in [-0.1, -0.05) is 32.9 Å². The van der Waals surface area contributed by atoms with Crippen LogP contribution in [0.3, 0.4) is 0 Å². The lowest BCUT2D eigenvalue weighted by molar-refractivity contribution is -0.137. The number of amides is 4. The lowest BCUT2D eigenvalue weighted by atomic mass is 9.83. The van der Waals surface area contributed by atoms with Gasteiger partial charge in [-0.15, -0.1) is 0 Å². The molecule has 4 amide bonds. The van der Waals surface area contributed by atoms with Crippen molar-refractivity contribution in [3.05, 3.63) is 35.6 Å². The minimum Gasteiger partial charge on any atom is -0.370 e. The van der Waals surface area contributed by atoms with Crippen LogP contribution in [-0.2, 0) is 24.0 Å². The van der Waals surface area contributed by atoms with Crippen LogP contribution in [0.15, 0.2) is 29.3 Å². The number of carbonyl (C=O) groups is 5. The Morgan fingerprint density at radius 3 is 2.35 bits per heavy atom. The van der Waals surface area contributed by atoms with Gasteiger partial charge < -0.3 is 32.7 Å². The number of nitrogens with zero attached hydrogens (tertiary/aromatic N) is 1. The Hall–Kier alpha value is -4.03. The second-order valence-electron chi connectivity index (χ2n) is 11.5. The Labute approximate surface area is 252 Å². The third kappa shape index (κ3) is 11.0. The van der Waals surface area contributed by atoms with E-state index in [0.717, 1.165) is 0 Å². The summed E-state index contributed by atoms with van der Waals surface area (Å²) in [5.74, 6) is -4.01. The van der Waals surface area contributed by atoms with Gasteiger partial charge in [0.2, 0.25) is 23.6 Å². The third-order valence-corrected chi connectivity index (χ3v) is 7.54. The average molecular weight is 604 g/mol. The summed E-state index contributed by atoms with van der Waals surface area (Å²) in [6.07, 6.45) is 1.93. The molecule has 43 heavy (non-hydrogen) atoms. The molecule has 8 N–H and O–H groups in total. The number of halogens is 1. The first-order valence-corrected chi connectivity index (χ1v) is 14.8. The molecule has 0 radical (unpaired) electrons. The third-order valence-electron chi connectivity index (χ3n) is 7.54. The van der Waals surface area contributed by atoms with Crippen LogP contribution < -0.4 is 32.7 Å². The Bertz CT molecular complexity index is 1170. The Balaban J connectivity index is 2.43. The normalized spacial score (nSPS) is 24.5. The molecule has 1 heterocycles. The average Bonchev–Trinajstić information content (AvgIpc) is 2.95. The van der Waals surface area contributed by atoms with Gasteiger partial charge in [-0.2, -0.15) is 0 Å². The van der Waals surface area contributed by atoms with Crippen LogP contribution in [0.5, 0.6) is 0 Å². The second-order valence-corrected chi connectivity index (χ2v) is 11.5. The number of nitrogens with two attached hydrogens (primary N) is 2. The summed E-state index contributed by atoms with van der Waals surface area (Å²) in [6, 6.07) is 3.09. The predicted molar refractivity (Wildman–Crippen MR) is 161 cm³/mol. The van der Waals surface area contributed by atoms with Crippen molar-refractivity contribution in [2.24, 2.45) is 28.3 Å². The first-order chi connectivity index (χ1) is 20.3. The van der Waals surface area contributed by atoms with Crippen molar-refractivity contribution in [2.45, 2.75) is 90.3 Å². The maximum Gasteiger partial charge on any atom is 0.247 e. The topological polar surface area (TPSA) is 198 Å². The van der Waals surface area contributed by atoms with E-state index in [9.17, 15) is 28.4 Å². The SMILES string of the molecule is CC[C@@H]1NC(=O)[C@H](CCCN=C(N)N)CC(=O)[C@](C)(NC(=O)C(C)C)CCCCNC(=O)[C@@H](c2ccc(F)cc2)NC1=O. The molecule has 0 bridgehead atoms. The lowest BCUT2D eigenvalue weighted by Crippen LogP contribution is -2.55. The summed E-state index contributed by atoms with van der Waals surface area (Å²) in [4.78, 5) is 70.5. The summed E-state index contributed by atoms with van der Waals surface area (Å²) in [6.45, 7) is 7.29. The molecule has 1 aromatic rings. The highest BCUT2D eigenvalue weighted by Crippen LogP contribution is 2.24. The summed E-state index contributed by atoms with van der Waals surface area (Å²) in [5.41, 5.74) is 9.96. The molecule has 13 heteroatoms. The molecular weight excluding hydrogens is 557 g/mol. The fourth-order valence-corrected chi connectivity index (χ4v) is 4.77. The monoisotopic (exact) mass is 603 g/mol. The number of hydrogen-bond acceptors (Lipinski definition) is 6. The van der Waals surface area contributed by atoms with Gasteiger partial charge in [-0.05, 0) is 63.1 Å². The van der Waals surface area contributed by atoms with Crippen LogP contribution in [0.4, 0.5) is 4.39 Å². The number of rotatable bonds is 8. The first-order valence-electron chi connectivity index (χ1n) is 14.8. The highest BCUT2D eigenvalue weighted by Gasteiger charge is 2.38. The molecular formula is C30H46FN7O5. The predicted octanol–water partition coefficient (Wildman–Crippen LogP) is 1.34. The number of benzene rings is 1. The summed E-state index contributed by atoms with van der Waals surface area (Å²) in [7, 11) is 0. The van der Waals surface area contributed by atoms with Crippen LogP contribution in [0, 0.1) is 17.7 Å². The van der Waals surface area contributed by atoms with Crippen LogP contribution in [0.25, 0.3) is 0 Å². The molecule has 1 aliphatic rings. The number of carbonyl (C=O) groups excluding carboxylic acids is 5. The summed E-state index contributed by atoms with van der Waals surface area (Å²) < 4.78 is 13.6. The first kappa shape index (κ1) is 35.2. The maximum absolute atomic E-state index is 13.7. The Morgan fingerprint density at radius 2 is 1.74 bits per heavy atom. The molecule has 1 saturated heterocycles. The molecule has 2 rings (SSSR count). The van der Waals surface area contributed by atoms with Crippen LogP contribution in [0.2, 0.25) is 0 Å². The molecule has 4 atom stereocenters. The summed E-state index contributed by atoms with van der Waals surface area (Å²) in [5, 5.41) is 11.1. The number of guanidine groups is 1. The van der Waals surface area contributed by atoms with Gasteiger partial charge in [0.1, 0.15) is 17.9 Å². The fraction of sp³-hybridized carbons (Fsp3) is 0.600. The molecule has 1 aliphatic heterocycles. The molecule has 0 unspecified atom stereocenters. The van der Waals surface area contributed by atoms with Gasteiger partial charge in [0.05, 0.1) is 5.54 Å². The van der Waals surface area contributed by atoms with Crippen molar-refractivity contribution in [2.75, 3.05) is 13.1 Å². The van der Waals surface area contributed by atoms with Crippen molar-refractivity contribution < 1.29 is 28.4 Å². The van der Waals surface area contributed by atoms with E-state index in [4.69, 9.17) is 11.5 Å². The zero-order valence-corrected chi connectivity index (χ0v) is 25.5. The van der Waals surface area contributed by atoms with Gasteiger partial charge in [-0.25, -0.2) is 4.39 Å². The van der Waals surface area contributed by atoms with E-state index in [1.54, 1.807) is 27.7 Å². The number of hydrogen-bond donors (Lipinski definition) is 6. The molecule has 238 valence electrons. The van der Waals surface area contributed by atoms with E-state index in [2.05, 4.69) is 26.3 Å². The van der Waals surface area contributed by atoms with Gasteiger partial charge in [0.15, 0.2) is 11.7 Å². The van der Waals surface area contributed by atoms with Crippen molar-refractivity contribution in [1.82, 2.24) is 21.3 Å².